The Morgan fingerprint density at radius 1 is 1.21 bits per heavy atom. The second-order valence-electron chi connectivity index (χ2n) is 3.29. The highest BCUT2D eigenvalue weighted by Crippen LogP contribution is 2.41. The minimum absolute atomic E-state index is 0.658. The number of hydrogen-bond donors (Lipinski definition) is 0. The van der Waals surface area contributed by atoms with Gasteiger partial charge < -0.3 is 4.74 Å². The maximum absolute atomic E-state index is 5.52. The van der Waals surface area contributed by atoms with Gasteiger partial charge >= 0.3 is 5.97 Å². The van der Waals surface area contributed by atoms with E-state index in [0.29, 0.717) is 6.61 Å². The van der Waals surface area contributed by atoms with Crippen LogP contribution in [-0.4, -0.2) is 6.61 Å². The van der Waals surface area contributed by atoms with E-state index in [4.69, 9.17) is 14.5 Å². The fourth-order valence-corrected chi connectivity index (χ4v) is 1.26. The molecule has 0 radical (unpaired) electrons. The molecule has 1 aromatic carbocycles. The summed E-state index contributed by atoms with van der Waals surface area (Å²) in [6, 6.07) is 9.68. The molecule has 0 spiro atoms. The van der Waals surface area contributed by atoms with Crippen LogP contribution in [0.25, 0.3) is 0 Å². The molecule has 0 amide bonds. The lowest BCUT2D eigenvalue weighted by atomic mass is 10.2. The molecular formula is C11H14O3. The zero-order chi connectivity index (χ0) is 9.86. The van der Waals surface area contributed by atoms with Crippen molar-refractivity contribution in [3.63, 3.8) is 0 Å². The first kappa shape index (κ1) is 9.65. The van der Waals surface area contributed by atoms with E-state index in [2.05, 4.69) is 6.92 Å². The summed E-state index contributed by atoms with van der Waals surface area (Å²) in [4.78, 5) is 9.81. The highest BCUT2D eigenvalue weighted by atomic mass is 17.4. The van der Waals surface area contributed by atoms with Crippen LogP contribution in [0.2, 0.25) is 0 Å². The zero-order valence-corrected chi connectivity index (χ0v) is 8.23. The summed E-state index contributed by atoms with van der Waals surface area (Å²) >= 11 is 0. The SMILES string of the molecule is CCCCOC1(c2ccccc2)OO1. The van der Waals surface area contributed by atoms with Gasteiger partial charge in [-0.3, -0.25) is 0 Å². The Morgan fingerprint density at radius 3 is 2.50 bits per heavy atom. The Kier molecular flexibility index (Phi) is 2.82. The molecule has 0 aliphatic carbocycles. The molecule has 1 saturated heterocycles. The molecule has 1 aromatic rings. The molecule has 1 aliphatic heterocycles. The van der Waals surface area contributed by atoms with Crippen LogP contribution in [0.3, 0.4) is 0 Å². The molecule has 1 fully saturated rings. The summed E-state index contributed by atoms with van der Waals surface area (Å²) in [7, 11) is 0. The lowest BCUT2D eigenvalue weighted by molar-refractivity contribution is -0.0610. The van der Waals surface area contributed by atoms with E-state index in [0.717, 1.165) is 18.4 Å². The Hall–Kier alpha value is -0.900. The first-order valence-electron chi connectivity index (χ1n) is 4.94. The van der Waals surface area contributed by atoms with Crippen molar-refractivity contribution < 1.29 is 14.5 Å². The number of rotatable bonds is 5. The summed E-state index contributed by atoms with van der Waals surface area (Å²) in [6.07, 6.45) is 2.12. The second-order valence-corrected chi connectivity index (χ2v) is 3.29. The lowest BCUT2D eigenvalue weighted by Gasteiger charge is -2.07. The van der Waals surface area contributed by atoms with Gasteiger partial charge in [0.25, 0.3) is 0 Å². The summed E-state index contributed by atoms with van der Waals surface area (Å²) in [5, 5.41) is 0. The van der Waals surface area contributed by atoms with Crippen molar-refractivity contribution in [2.24, 2.45) is 0 Å². The van der Waals surface area contributed by atoms with E-state index in [1.807, 2.05) is 30.3 Å². The van der Waals surface area contributed by atoms with Gasteiger partial charge in [-0.15, -0.1) is 0 Å². The minimum Gasteiger partial charge on any atom is -0.320 e. The summed E-state index contributed by atoms with van der Waals surface area (Å²) < 4.78 is 5.52. The van der Waals surface area contributed by atoms with Crippen molar-refractivity contribution >= 4 is 0 Å². The summed E-state index contributed by atoms with van der Waals surface area (Å²) in [6.45, 7) is 2.78. The van der Waals surface area contributed by atoms with Crippen LogP contribution in [-0.2, 0) is 20.5 Å². The minimum atomic E-state index is -0.906. The fourth-order valence-electron chi connectivity index (χ4n) is 1.26. The molecular weight excluding hydrogens is 180 g/mol. The fraction of sp³-hybridized carbons (Fsp3) is 0.455. The average molecular weight is 194 g/mol. The topological polar surface area (TPSA) is 34.3 Å². The Bertz CT molecular complexity index is 280. The van der Waals surface area contributed by atoms with E-state index in [1.54, 1.807) is 0 Å². The zero-order valence-electron chi connectivity index (χ0n) is 8.23. The van der Waals surface area contributed by atoms with E-state index >= 15 is 0 Å². The first-order chi connectivity index (χ1) is 6.87. The van der Waals surface area contributed by atoms with Gasteiger partial charge in [0, 0.05) is 5.56 Å². The molecule has 0 atom stereocenters. The lowest BCUT2D eigenvalue weighted by Crippen LogP contribution is -2.13. The van der Waals surface area contributed by atoms with Gasteiger partial charge in [0.2, 0.25) is 0 Å². The molecule has 1 heterocycles. The third-order valence-corrected chi connectivity index (χ3v) is 2.15. The van der Waals surface area contributed by atoms with Crippen molar-refractivity contribution in [2.75, 3.05) is 6.61 Å². The van der Waals surface area contributed by atoms with E-state index in [1.165, 1.54) is 0 Å². The second kappa shape index (κ2) is 4.09. The highest BCUT2D eigenvalue weighted by Gasteiger charge is 2.52. The third-order valence-electron chi connectivity index (χ3n) is 2.15. The normalized spacial score (nSPS) is 18.1. The number of unbranched alkanes of at least 4 members (excludes halogenated alkanes) is 1. The predicted octanol–water partition coefficient (Wildman–Crippen LogP) is 2.58. The van der Waals surface area contributed by atoms with Gasteiger partial charge in [-0.1, -0.05) is 43.7 Å². The van der Waals surface area contributed by atoms with Crippen LogP contribution in [0, 0.1) is 0 Å². The summed E-state index contributed by atoms with van der Waals surface area (Å²) in [5.74, 6) is -0.906. The maximum atomic E-state index is 5.52. The van der Waals surface area contributed by atoms with Crippen LogP contribution in [0.5, 0.6) is 0 Å². The van der Waals surface area contributed by atoms with Gasteiger partial charge in [0.1, 0.15) is 0 Å². The van der Waals surface area contributed by atoms with E-state index < -0.39 is 5.97 Å². The Labute approximate surface area is 83.5 Å². The quantitative estimate of drug-likeness (QED) is 0.410. The summed E-state index contributed by atoms with van der Waals surface area (Å²) in [5.41, 5.74) is 0.913. The molecule has 76 valence electrons. The molecule has 0 N–H and O–H groups in total. The van der Waals surface area contributed by atoms with Crippen LogP contribution < -0.4 is 0 Å². The molecule has 0 saturated carbocycles. The van der Waals surface area contributed by atoms with Crippen LogP contribution in [0.4, 0.5) is 0 Å². The third kappa shape index (κ3) is 1.95. The Balaban J connectivity index is 1.96. The molecule has 1 aliphatic rings. The highest BCUT2D eigenvalue weighted by molar-refractivity contribution is 5.19. The molecule has 0 unspecified atom stereocenters. The molecule has 0 aromatic heterocycles. The van der Waals surface area contributed by atoms with Crippen LogP contribution in [0.1, 0.15) is 25.3 Å². The molecule has 3 heteroatoms. The van der Waals surface area contributed by atoms with E-state index in [9.17, 15) is 0 Å². The largest absolute Gasteiger partial charge is 0.367 e. The average Bonchev–Trinajstić information content (AvgIpc) is 3.01. The maximum Gasteiger partial charge on any atom is 0.367 e. The van der Waals surface area contributed by atoms with Gasteiger partial charge in [-0.2, -0.15) is 9.78 Å². The van der Waals surface area contributed by atoms with Gasteiger partial charge in [-0.05, 0) is 6.42 Å². The van der Waals surface area contributed by atoms with Crippen molar-refractivity contribution in [1.29, 1.82) is 0 Å². The van der Waals surface area contributed by atoms with Gasteiger partial charge in [0.05, 0.1) is 6.61 Å². The smallest absolute Gasteiger partial charge is 0.320 e. The molecule has 2 rings (SSSR count). The number of benzene rings is 1. The van der Waals surface area contributed by atoms with Crippen LogP contribution >= 0.6 is 0 Å². The van der Waals surface area contributed by atoms with Gasteiger partial charge in [0.15, 0.2) is 0 Å². The number of ether oxygens (including phenoxy) is 1. The van der Waals surface area contributed by atoms with Crippen molar-refractivity contribution in [2.45, 2.75) is 25.7 Å². The first-order valence-corrected chi connectivity index (χ1v) is 4.94. The van der Waals surface area contributed by atoms with Crippen molar-refractivity contribution in [3.05, 3.63) is 35.9 Å². The van der Waals surface area contributed by atoms with Crippen molar-refractivity contribution in [1.82, 2.24) is 0 Å². The van der Waals surface area contributed by atoms with Crippen molar-refractivity contribution in [3.8, 4) is 0 Å². The standard InChI is InChI=1S/C11H14O3/c1-2-3-9-12-11(13-14-11)10-7-5-4-6-8-10/h4-8H,2-3,9H2,1H3. The predicted molar refractivity (Wildman–Crippen MR) is 51.2 cm³/mol. The molecule has 14 heavy (non-hydrogen) atoms. The number of hydrogen-bond acceptors (Lipinski definition) is 3. The molecule has 3 nitrogen and oxygen atoms in total. The van der Waals surface area contributed by atoms with Gasteiger partial charge in [-0.25, -0.2) is 0 Å². The monoisotopic (exact) mass is 194 g/mol. The molecule has 0 bridgehead atoms. The van der Waals surface area contributed by atoms with Crippen LogP contribution in [0.15, 0.2) is 30.3 Å². The Morgan fingerprint density at radius 2 is 1.93 bits per heavy atom. The van der Waals surface area contributed by atoms with E-state index in [-0.39, 0.29) is 0 Å².